The van der Waals surface area contributed by atoms with Crippen LogP contribution in [0, 0.1) is 0 Å². The van der Waals surface area contributed by atoms with E-state index in [2.05, 4.69) is 27.0 Å². The molecule has 14 heavy (non-hydrogen) atoms. The van der Waals surface area contributed by atoms with Crippen LogP contribution in [0.2, 0.25) is 0 Å². The summed E-state index contributed by atoms with van der Waals surface area (Å²) in [6.07, 6.45) is 6.70. The minimum Gasteiger partial charge on any atom is -0.0991 e. The number of hydrogen-bond acceptors (Lipinski definition) is 0. The van der Waals surface area contributed by atoms with Gasteiger partial charge in [0, 0.05) is 0 Å². The Hall–Kier alpha value is -0.780. The normalized spacial score (nSPS) is 7.50. The molecule has 0 aliphatic heterocycles. The van der Waals surface area contributed by atoms with E-state index in [0.717, 1.165) is 5.57 Å². The summed E-state index contributed by atoms with van der Waals surface area (Å²) in [7, 11) is 0. The van der Waals surface area contributed by atoms with Crippen molar-refractivity contribution in [2.24, 2.45) is 0 Å². The number of hydrogen-bond donors (Lipinski definition) is 0. The Balaban J connectivity index is -0.0000000603. The maximum absolute atomic E-state index is 3.56. The van der Waals surface area contributed by atoms with Crippen LogP contribution in [0.25, 0.3) is 0 Å². The van der Waals surface area contributed by atoms with Gasteiger partial charge in [0.2, 0.25) is 0 Å². The molecule has 0 aromatic rings. The second-order valence-corrected chi connectivity index (χ2v) is 2.06. The first kappa shape index (κ1) is 23.2. The zero-order valence-electron chi connectivity index (χ0n) is 11.4. The predicted octanol–water partition coefficient (Wildman–Crippen LogP) is 5.77. The van der Waals surface area contributed by atoms with Crippen molar-refractivity contribution < 1.29 is 0 Å². The third kappa shape index (κ3) is 65.8. The van der Waals surface area contributed by atoms with Gasteiger partial charge in [0.1, 0.15) is 0 Å². The Bertz CT molecular complexity index is 107. The van der Waals surface area contributed by atoms with Gasteiger partial charge in [-0.05, 0) is 6.92 Å². The van der Waals surface area contributed by atoms with Crippen molar-refractivity contribution in [3.05, 3.63) is 37.0 Å². The van der Waals surface area contributed by atoms with Gasteiger partial charge in [0.15, 0.2) is 0 Å². The highest BCUT2D eigenvalue weighted by molar-refractivity contribution is 5.17. The molecule has 0 aromatic carbocycles. The van der Waals surface area contributed by atoms with Crippen molar-refractivity contribution in [3.8, 4) is 0 Å². The highest BCUT2D eigenvalue weighted by Crippen LogP contribution is 1.90. The summed E-state index contributed by atoms with van der Waals surface area (Å²) in [5.74, 6) is 0. The van der Waals surface area contributed by atoms with E-state index in [1.807, 2.05) is 40.7 Å². The summed E-state index contributed by atoms with van der Waals surface area (Å²) in [5, 5.41) is 0. The van der Waals surface area contributed by atoms with Gasteiger partial charge in [0.05, 0.1) is 0 Å². The first-order valence-electron chi connectivity index (χ1n) is 5.64. The Kier molecular flexibility index (Phi) is 66.0. The Morgan fingerprint density at radius 2 is 1.29 bits per heavy atom. The molecule has 0 nitrogen and oxygen atoms in total. The highest BCUT2D eigenvalue weighted by atomic mass is 13.8. The fourth-order valence-corrected chi connectivity index (χ4v) is 0.254. The Morgan fingerprint density at radius 1 is 1.00 bits per heavy atom. The molecule has 0 spiro atoms. The molecule has 0 aromatic heterocycles. The maximum atomic E-state index is 3.56. The number of allylic oxidation sites excluding steroid dienone is 4. The zero-order chi connectivity index (χ0) is 12.4. The fraction of sp³-hybridized carbons (Fsp3) is 0.571. The molecule has 0 atom stereocenters. The fourth-order valence-electron chi connectivity index (χ4n) is 0.254. The molecule has 0 N–H and O–H groups in total. The van der Waals surface area contributed by atoms with Crippen molar-refractivity contribution in [3.63, 3.8) is 0 Å². The van der Waals surface area contributed by atoms with E-state index < -0.39 is 0 Å². The van der Waals surface area contributed by atoms with Crippen molar-refractivity contribution in [1.29, 1.82) is 0 Å². The van der Waals surface area contributed by atoms with Crippen LogP contribution in [0.1, 0.15) is 54.9 Å². The minimum absolute atomic E-state index is 1.15. The SMILES string of the molecule is C=C/C=C(/C)C=C.CC.CC.CCC. The van der Waals surface area contributed by atoms with E-state index in [9.17, 15) is 0 Å². The monoisotopic (exact) mass is 198 g/mol. The van der Waals surface area contributed by atoms with Crippen LogP contribution in [0.4, 0.5) is 0 Å². The molecule has 0 saturated heterocycles. The van der Waals surface area contributed by atoms with Crippen LogP contribution in [0.3, 0.4) is 0 Å². The zero-order valence-corrected chi connectivity index (χ0v) is 11.4. The third-order valence-corrected chi connectivity index (χ3v) is 0.703. The van der Waals surface area contributed by atoms with E-state index in [4.69, 9.17) is 0 Å². The van der Waals surface area contributed by atoms with Gasteiger partial charge in [-0.15, -0.1) is 0 Å². The molecule has 86 valence electrons. The second-order valence-electron chi connectivity index (χ2n) is 2.06. The summed E-state index contributed by atoms with van der Waals surface area (Å²) in [4.78, 5) is 0. The van der Waals surface area contributed by atoms with Crippen LogP contribution in [0.15, 0.2) is 37.0 Å². The van der Waals surface area contributed by atoms with Crippen molar-refractivity contribution in [1.82, 2.24) is 0 Å². The smallest absolute Gasteiger partial charge is 0.0398 e. The van der Waals surface area contributed by atoms with Crippen LogP contribution in [-0.2, 0) is 0 Å². The summed E-state index contributed by atoms with van der Waals surface area (Å²) in [6.45, 7) is 21.3. The quantitative estimate of drug-likeness (QED) is 0.494. The van der Waals surface area contributed by atoms with Gasteiger partial charge in [-0.1, -0.05) is 84.9 Å². The van der Waals surface area contributed by atoms with Crippen LogP contribution in [0.5, 0.6) is 0 Å². The topological polar surface area (TPSA) is 0 Å². The highest BCUT2D eigenvalue weighted by Gasteiger charge is 1.68. The molecule has 0 heterocycles. The lowest BCUT2D eigenvalue weighted by molar-refractivity contribution is 1.09. The van der Waals surface area contributed by atoms with Crippen LogP contribution >= 0.6 is 0 Å². The Labute approximate surface area is 92.4 Å². The average molecular weight is 198 g/mol. The standard InChI is InChI=1S/C7H10.C3H8.2C2H6/c1-4-6-7(3)5-2;1-3-2;2*1-2/h4-6H,1-2H2,3H3;3H2,1-2H3;2*1-2H3/b7-6-;;;. The predicted molar refractivity (Wildman–Crippen MR) is 72.8 cm³/mol. The summed E-state index contributed by atoms with van der Waals surface area (Å²) >= 11 is 0. The molecular weight excluding hydrogens is 168 g/mol. The molecule has 0 amide bonds. The van der Waals surface area contributed by atoms with Gasteiger partial charge in [-0.3, -0.25) is 0 Å². The first-order valence-corrected chi connectivity index (χ1v) is 5.64. The molecule has 0 fully saturated rings. The molecule has 0 aliphatic rings. The molecule has 0 unspecified atom stereocenters. The molecule has 0 heteroatoms. The van der Waals surface area contributed by atoms with Gasteiger partial charge in [-0.2, -0.15) is 0 Å². The lowest BCUT2D eigenvalue weighted by Crippen LogP contribution is -1.58. The minimum atomic E-state index is 1.15. The van der Waals surface area contributed by atoms with Gasteiger partial charge < -0.3 is 0 Å². The van der Waals surface area contributed by atoms with Crippen LogP contribution in [-0.4, -0.2) is 0 Å². The lowest BCUT2D eigenvalue weighted by atomic mass is 10.3. The van der Waals surface area contributed by atoms with E-state index in [0.29, 0.717) is 0 Å². The molecule has 0 bridgehead atoms. The largest absolute Gasteiger partial charge is 0.0991 e. The summed E-state index contributed by atoms with van der Waals surface area (Å²) in [6, 6.07) is 0. The summed E-state index contributed by atoms with van der Waals surface area (Å²) < 4.78 is 0. The molecule has 0 rings (SSSR count). The molecular formula is C14H30. The van der Waals surface area contributed by atoms with Gasteiger partial charge in [0.25, 0.3) is 0 Å². The van der Waals surface area contributed by atoms with Crippen molar-refractivity contribution >= 4 is 0 Å². The summed E-state index contributed by atoms with van der Waals surface area (Å²) in [5.41, 5.74) is 1.15. The van der Waals surface area contributed by atoms with E-state index in [1.165, 1.54) is 6.42 Å². The van der Waals surface area contributed by atoms with Gasteiger partial charge >= 0.3 is 0 Å². The van der Waals surface area contributed by atoms with E-state index >= 15 is 0 Å². The average Bonchev–Trinajstić information content (AvgIpc) is 2.25. The van der Waals surface area contributed by atoms with Crippen molar-refractivity contribution in [2.75, 3.05) is 0 Å². The first-order chi connectivity index (χ1) is 6.72. The van der Waals surface area contributed by atoms with E-state index in [-0.39, 0.29) is 0 Å². The van der Waals surface area contributed by atoms with Crippen molar-refractivity contribution in [2.45, 2.75) is 54.9 Å². The Morgan fingerprint density at radius 3 is 1.36 bits per heavy atom. The van der Waals surface area contributed by atoms with Gasteiger partial charge in [-0.25, -0.2) is 0 Å². The van der Waals surface area contributed by atoms with Crippen LogP contribution < -0.4 is 0 Å². The van der Waals surface area contributed by atoms with E-state index in [1.54, 1.807) is 12.2 Å². The third-order valence-electron chi connectivity index (χ3n) is 0.703. The molecule has 0 radical (unpaired) electrons. The number of rotatable bonds is 2. The molecule has 0 saturated carbocycles. The second kappa shape index (κ2) is 39.8. The molecule has 0 aliphatic carbocycles. The maximum Gasteiger partial charge on any atom is -0.0398 e. The lowest BCUT2D eigenvalue weighted by Gasteiger charge is -1.80.